The van der Waals surface area contributed by atoms with Gasteiger partial charge in [-0.1, -0.05) is 44.5 Å². The highest BCUT2D eigenvalue weighted by Crippen LogP contribution is 2.24. The Morgan fingerprint density at radius 1 is 1.32 bits per heavy atom. The van der Waals surface area contributed by atoms with Crippen LogP contribution in [-0.4, -0.2) is 18.9 Å². The van der Waals surface area contributed by atoms with Gasteiger partial charge in [0.15, 0.2) is 5.78 Å². The van der Waals surface area contributed by atoms with Crippen LogP contribution in [0.2, 0.25) is 5.02 Å². The van der Waals surface area contributed by atoms with Crippen molar-refractivity contribution in [1.82, 2.24) is 0 Å². The normalized spacial score (nSPS) is 12.9. The van der Waals surface area contributed by atoms with Crippen LogP contribution in [0, 0.1) is 11.3 Å². The number of methoxy groups -OCH3 is 1. The van der Waals surface area contributed by atoms with Crippen molar-refractivity contribution in [2.24, 2.45) is 11.3 Å². The predicted molar refractivity (Wildman–Crippen MR) is 75.1 cm³/mol. The minimum atomic E-state index is -0.788. The largest absolute Gasteiger partial charge is 0.468 e. The van der Waals surface area contributed by atoms with Gasteiger partial charge in [-0.3, -0.25) is 9.59 Å². The van der Waals surface area contributed by atoms with Crippen LogP contribution in [-0.2, 0) is 20.7 Å². The van der Waals surface area contributed by atoms with Crippen LogP contribution in [0.1, 0.15) is 26.3 Å². The summed E-state index contributed by atoms with van der Waals surface area (Å²) in [5.74, 6) is -1.41. The van der Waals surface area contributed by atoms with Gasteiger partial charge in [-0.25, -0.2) is 0 Å². The lowest BCUT2D eigenvalue weighted by atomic mass is 9.80. The second-order valence-corrected chi connectivity index (χ2v) is 5.96. The van der Waals surface area contributed by atoms with Crippen molar-refractivity contribution in [1.29, 1.82) is 0 Å². The van der Waals surface area contributed by atoms with Gasteiger partial charge in [-0.05, 0) is 24.1 Å². The highest BCUT2D eigenvalue weighted by atomic mass is 35.5. The van der Waals surface area contributed by atoms with E-state index in [2.05, 4.69) is 0 Å². The first kappa shape index (κ1) is 15.7. The average molecular weight is 283 g/mol. The molecule has 0 amide bonds. The van der Waals surface area contributed by atoms with Gasteiger partial charge in [0.05, 0.1) is 7.11 Å². The lowest BCUT2D eigenvalue weighted by Gasteiger charge is -2.23. The summed E-state index contributed by atoms with van der Waals surface area (Å²) < 4.78 is 4.74. The molecule has 0 fully saturated rings. The highest BCUT2D eigenvalue weighted by Gasteiger charge is 2.35. The summed E-state index contributed by atoms with van der Waals surface area (Å²) in [6.07, 6.45) is 0.309. The fourth-order valence-electron chi connectivity index (χ4n) is 1.85. The first-order chi connectivity index (χ1) is 8.75. The predicted octanol–water partition coefficient (Wildman–Crippen LogP) is 3.29. The second-order valence-electron chi connectivity index (χ2n) is 5.52. The molecule has 104 valence electrons. The number of benzene rings is 1. The second kappa shape index (κ2) is 6.20. The molecule has 0 N–H and O–H groups in total. The number of carbonyl (C=O) groups excluding carboxylic acids is 2. The Morgan fingerprint density at radius 3 is 2.42 bits per heavy atom. The Kier molecular flexibility index (Phi) is 5.12. The van der Waals surface area contributed by atoms with Crippen molar-refractivity contribution >= 4 is 23.4 Å². The number of ketones is 1. The lowest BCUT2D eigenvalue weighted by Crippen LogP contribution is -2.35. The standard InChI is InChI=1S/C15H19ClO3/c1-15(2,3)13(17)12(14(18)19-4)9-10-6-5-7-11(16)8-10/h5-8,12H,9H2,1-4H3. The van der Waals surface area contributed by atoms with Gasteiger partial charge in [-0.2, -0.15) is 0 Å². The Labute approximate surface area is 118 Å². The minimum absolute atomic E-state index is 0.126. The molecule has 1 rings (SSSR count). The summed E-state index contributed by atoms with van der Waals surface area (Å²) >= 11 is 5.91. The van der Waals surface area contributed by atoms with E-state index in [1.807, 2.05) is 6.07 Å². The molecule has 19 heavy (non-hydrogen) atoms. The third-order valence-corrected chi connectivity index (χ3v) is 3.11. The SMILES string of the molecule is COC(=O)C(Cc1cccc(Cl)c1)C(=O)C(C)(C)C. The van der Waals surface area contributed by atoms with Crippen molar-refractivity contribution in [3.63, 3.8) is 0 Å². The highest BCUT2D eigenvalue weighted by molar-refractivity contribution is 6.30. The summed E-state index contributed by atoms with van der Waals surface area (Å²) in [7, 11) is 1.29. The van der Waals surface area contributed by atoms with E-state index in [4.69, 9.17) is 16.3 Å². The van der Waals surface area contributed by atoms with Crippen LogP contribution in [0.3, 0.4) is 0 Å². The third-order valence-electron chi connectivity index (χ3n) is 2.87. The number of rotatable bonds is 4. The summed E-state index contributed by atoms with van der Waals surface area (Å²) in [6.45, 7) is 5.38. The van der Waals surface area contributed by atoms with Crippen molar-refractivity contribution < 1.29 is 14.3 Å². The molecule has 0 aliphatic rings. The molecule has 0 aliphatic heterocycles. The lowest BCUT2D eigenvalue weighted by molar-refractivity contribution is -0.151. The Hall–Kier alpha value is -1.35. The summed E-state index contributed by atoms with van der Waals surface area (Å²) in [5, 5.41) is 0.587. The monoisotopic (exact) mass is 282 g/mol. The molecule has 0 spiro atoms. The van der Waals surface area contributed by atoms with Gasteiger partial charge < -0.3 is 4.74 Å². The third kappa shape index (κ3) is 4.35. The number of esters is 1. The van der Waals surface area contributed by atoms with Gasteiger partial charge in [0.1, 0.15) is 5.92 Å². The van der Waals surface area contributed by atoms with Crippen molar-refractivity contribution in [3.05, 3.63) is 34.9 Å². The first-order valence-electron chi connectivity index (χ1n) is 6.12. The quantitative estimate of drug-likeness (QED) is 0.629. The molecule has 1 aromatic rings. The average Bonchev–Trinajstić information content (AvgIpc) is 2.33. The van der Waals surface area contributed by atoms with E-state index in [0.717, 1.165) is 5.56 Å². The van der Waals surface area contributed by atoms with Gasteiger partial charge >= 0.3 is 5.97 Å². The molecule has 0 aliphatic carbocycles. The molecular formula is C15H19ClO3. The van der Waals surface area contributed by atoms with Crippen LogP contribution >= 0.6 is 11.6 Å². The summed E-state index contributed by atoms with van der Waals surface area (Å²) in [6, 6.07) is 7.16. The summed E-state index contributed by atoms with van der Waals surface area (Å²) in [5.41, 5.74) is 0.262. The van der Waals surface area contributed by atoms with Crippen molar-refractivity contribution in [2.45, 2.75) is 27.2 Å². The topological polar surface area (TPSA) is 43.4 Å². The minimum Gasteiger partial charge on any atom is -0.468 e. The maximum absolute atomic E-state index is 12.3. The van der Waals surface area contributed by atoms with Crippen molar-refractivity contribution in [2.75, 3.05) is 7.11 Å². The molecule has 1 unspecified atom stereocenters. The number of ether oxygens (including phenoxy) is 1. The first-order valence-corrected chi connectivity index (χ1v) is 6.50. The molecule has 4 heteroatoms. The van der Waals surface area contributed by atoms with Crippen LogP contribution in [0.25, 0.3) is 0 Å². The zero-order valence-corrected chi connectivity index (χ0v) is 12.5. The van der Waals surface area contributed by atoms with E-state index in [9.17, 15) is 9.59 Å². The van der Waals surface area contributed by atoms with Crippen LogP contribution in [0.5, 0.6) is 0 Å². The molecule has 0 aromatic heterocycles. The van der Waals surface area contributed by atoms with Crippen LogP contribution in [0.15, 0.2) is 24.3 Å². The van der Waals surface area contributed by atoms with E-state index in [1.165, 1.54) is 7.11 Å². The van der Waals surface area contributed by atoms with Gasteiger partial charge in [0, 0.05) is 10.4 Å². The Balaban J connectivity index is 2.99. The van der Waals surface area contributed by atoms with Crippen LogP contribution in [0.4, 0.5) is 0 Å². The molecule has 0 bridgehead atoms. The van der Waals surface area contributed by atoms with Gasteiger partial charge in [-0.15, -0.1) is 0 Å². The maximum atomic E-state index is 12.3. The van der Waals surface area contributed by atoms with E-state index in [-0.39, 0.29) is 5.78 Å². The number of halogens is 1. The fraction of sp³-hybridized carbons (Fsp3) is 0.467. The molecule has 0 radical (unpaired) electrons. The zero-order chi connectivity index (χ0) is 14.6. The number of hydrogen-bond acceptors (Lipinski definition) is 3. The van der Waals surface area contributed by atoms with E-state index >= 15 is 0 Å². The molecule has 0 saturated carbocycles. The van der Waals surface area contributed by atoms with Gasteiger partial charge in [0.2, 0.25) is 0 Å². The van der Waals surface area contributed by atoms with Crippen LogP contribution < -0.4 is 0 Å². The van der Waals surface area contributed by atoms with Crippen molar-refractivity contribution in [3.8, 4) is 0 Å². The molecule has 3 nitrogen and oxygen atoms in total. The number of Topliss-reactive ketones (excluding diaryl/α,β-unsaturated/α-hetero) is 1. The van der Waals surface area contributed by atoms with E-state index in [1.54, 1.807) is 39.0 Å². The smallest absolute Gasteiger partial charge is 0.316 e. The fourth-order valence-corrected chi connectivity index (χ4v) is 2.06. The molecule has 1 atom stereocenters. The maximum Gasteiger partial charge on any atom is 0.316 e. The molecule has 1 aromatic carbocycles. The molecular weight excluding hydrogens is 264 g/mol. The van der Waals surface area contributed by atoms with Gasteiger partial charge in [0.25, 0.3) is 0 Å². The van der Waals surface area contributed by atoms with E-state index < -0.39 is 17.3 Å². The Morgan fingerprint density at radius 2 is 1.95 bits per heavy atom. The zero-order valence-electron chi connectivity index (χ0n) is 11.7. The summed E-state index contributed by atoms with van der Waals surface area (Å²) in [4.78, 5) is 24.1. The Bertz CT molecular complexity index is 475. The number of carbonyl (C=O) groups is 2. The molecule has 0 heterocycles. The van der Waals surface area contributed by atoms with E-state index in [0.29, 0.717) is 11.4 Å². The molecule has 0 saturated heterocycles. The number of hydrogen-bond donors (Lipinski definition) is 0.